The largest absolute Gasteiger partial charge is 0.487 e. The molecule has 1 aromatic carbocycles. The minimum absolute atomic E-state index is 0.000575. The number of nitro groups is 1. The van der Waals surface area contributed by atoms with Crippen molar-refractivity contribution < 1.29 is 14.5 Å². The van der Waals surface area contributed by atoms with Gasteiger partial charge in [-0.15, -0.1) is 6.58 Å². The number of halogens is 1. The van der Waals surface area contributed by atoms with E-state index in [0.29, 0.717) is 29.6 Å². The average Bonchev–Trinajstić information content (AvgIpc) is 2.48. The Balaban J connectivity index is 2.14. The van der Waals surface area contributed by atoms with Gasteiger partial charge in [-0.1, -0.05) is 6.08 Å². The summed E-state index contributed by atoms with van der Waals surface area (Å²) >= 11 is 3.29. The molecule has 1 aliphatic heterocycles. The number of benzene rings is 1. The third-order valence-electron chi connectivity index (χ3n) is 3.72. The third-order valence-corrected chi connectivity index (χ3v) is 4.34. The molecule has 0 saturated carbocycles. The van der Waals surface area contributed by atoms with Crippen LogP contribution in [0.15, 0.2) is 35.3 Å². The Morgan fingerprint density at radius 3 is 2.91 bits per heavy atom. The van der Waals surface area contributed by atoms with Crippen molar-refractivity contribution in [1.82, 2.24) is 4.90 Å². The third kappa shape index (κ3) is 3.47. The number of amides is 1. The van der Waals surface area contributed by atoms with Gasteiger partial charge in [0, 0.05) is 25.1 Å². The fourth-order valence-electron chi connectivity index (χ4n) is 2.50. The van der Waals surface area contributed by atoms with E-state index in [9.17, 15) is 14.9 Å². The van der Waals surface area contributed by atoms with Crippen molar-refractivity contribution in [3.05, 3.63) is 45.4 Å². The number of rotatable bonds is 5. The molecule has 0 N–H and O–H groups in total. The zero-order valence-corrected chi connectivity index (χ0v) is 13.8. The topological polar surface area (TPSA) is 72.7 Å². The molecular weight excluding hydrogens is 352 g/mol. The summed E-state index contributed by atoms with van der Waals surface area (Å²) in [4.78, 5) is 23.9. The van der Waals surface area contributed by atoms with E-state index in [4.69, 9.17) is 4.74 Å². The van der Waals surface area contributed by atoms with Crippen LogP contribution >= 0.6 is 15.9 Å². The summed E-state index contributed by atoms with van der Waals surface area (Å²) in [5, 5.41) is 10.7. The number of carbonyl (C=O) groups excluding carboxylic acids is 1. The lowest BCUT2D eigenvalue weighted by atomic mass is 9.99. The Morgan fingerprint density at radius 1 is 1.59 bits per heavy atom. The van der Waals surface area contributed by atoms with Gasteiger partial charge in [-0.3, -0.25) is 14.9 Å². The Hall–Kier alpha value is -1.89. The second-order valence-electron chi connectivity index (χ2n) is 5.14. The van der Waals surface area contributed by atoms with E-state index >= 15 is 0 Å². The number of ether oxygens (including phenoxy) is 1. The average molecular weight is 369 g/mol. The highest BCUT2D eigenvalue weighted by Crippen LogP contribution is 2.32. The van der Waals surface area contributed by atoms with Crippen molar-refractivity contribution in [2.75, 3.05) is 6.54 Å². The van der Waals surface area contributed by atoms with E-state index in [1.165, 1.54) is 12.1 Å². The molecule has 22 heavy (non-hydrogen) atoms. The van der Waals surface area contributed by atoms with Gasteiger partial charge in [0.05, 0.1) is 15.4 Å². The summed E-state index contributed by atoms with van der Waals surface area (Å²) in [7, 11) is 0. The number of likely N-dealkylation sites (tertiary alicyclic amines) is 1. The monoisotopic (exact) mass is 368 g/mol. The van der Waals surface area contributed by atoms with Crippen LogP contribution in [0.25, 0.3) is 0 Å². The lowest BCUT2D eigenvalue weighted by Gasteiger charge is -2.38. The van der Waals surface area contributed by atoms with Crippen LogP contribution in [0.5, 0.6) is 5.75 Å². The number of hydrogen-bond donors (Lipinski definition) is 0. The number of nitro benzene ring substituents is 1. The van der Waals surface area contributed by atoms with Gasteiger partial charge in [0.15, 0.2) is 0 Å². The fourth-order valence-corrected chi connectivity index (χ4v) is 2.97. The number of nitrogens with zero attached hydrogens (tertiary/aromatic N) is 2. The van der Waals surface area contributed by atoms with E-state index in [1.54, 1.807) is 17.0 Å². The summed E-state index contributed by atoms with van der Waals surface area (Å²) in [6.07, 6.45) is 2.58. The molecule has 1 heterocycles. The lowest BCUT2D eigenvalue weighted by Crippen LogP contribution is -2.51. The standard InChI is InChI=1S/C15H17BrN2O4/c1-3-8-17-10(2)13(6-7-15(17)19)22-14-5-4-11(18(20)21)9-12(14)16/h3-5,9-10,13H,1,6-8H2,2H3/t10-,13+/m1/s1. The maximum atomic E-state index is 11.9. The normalized spacial score (nSPS) is 21.5. The summed E-state index contributed by atoms with van der Waals surface area (Å²) in [5.41, 5.74) is -0.000575. The second-order valence-corrected chi connectivity index (χ2v) is 6.00. The van der Waals surface area contributed by atoms with Gasteiger partial charge in [-0.25, -0.2) is 0 Å². The van der Waals surface area contributed by atoms with E-state index in [0.717, 1.165) is 0 Å². The van der Waals surface area contributed by atoms with Gasteiger partial charge < -0.3 is 9.64 Å². The van der Waals surface area contributed by atoms with Crippen molar-refractivity contribution in [3.8, 4) is 5.75 Å². The van der Waals surface area contributed by atoms with Crippen LogP contribution in [-0.2, 0) is 4.79 Å². The molecule has 0 aromatic heterocycles. The van der Waals surface area contributed by atoms with Crippen LogP contribution in [0.1, 0.15) is 19.8 Å². The van der Waals surface area contributed by atoms with Crippen LogP contribution in [0.2, 0.25) is 0 Å². The minimum atomic E-state index is -0.456. The SMILES string of the molecule is C=CCN1C(=O)CC[C@H](Oc2ccc([N+](=O)[O-])cc2Br)[C@H]1C. The predicted octanol–water partition coefficient (Wildman–Crippen LogP) is 3.30. The zero-order chi connectivity index (χ0) is 16.3. The number of hydrogen-bond acceptors (Lipinski definition) is 4. The maximum absolute atomic E-state index is 11.9. The molecule has 0 unspecified atom stereocenters. The maximum Gasteiger partial charge on any atom is 0.270 e. The summed E-state index contributed by atoms with van der Waals surface area (Å²) < 4.78 is 6.49. The molecule has 1 saturated heterocycles. The van der Waals surface area contributed by atoms with E-state index in [1.807, 2.05) is 6.92 Å². The first-order valence-corrected chi connectivity index (χ1v) is 7.74. The molecule has 0 radical (unpaired) electrons. The molecule has 7 heteroatoms. The Morgan fingerprint density at radius 2 is 2.32 bits per heavy atom. The Labute approximate surface area is 137 Å². The summed E-state index contributed by atoms with van der Waals surface area (Å²) in [6.45, 7) is 6.09. The first kappa shape index (κ1) is 16.5. The quantitative estimate of drug-likeness (QED) is 0.454. The minimum Gasteiger partial charge on any atom is -0.487 e. The van der Waals surface area contributed by atoms with E-state index in [2.05, 4.69) is 22.5 Å². The Bertz CT molecular complexity index is 605. The van der Waals surface area contributed by atoms with Crippen molar-refractivity contribution in [2.24, 2.45) is 0 Å². The molecular formula is C15H17BrN2O4. The number of carbonyl (C=O) groups is 1. The lowest BCUT2D eigenvalue weighted by molar-refractivity contribution is -0.385. The first-order chi connectivity index (χ1) is 10.4. The first-order valence-electron chi connectivity index (χ1n) is 6.95. The van der Waals surface area contributed by atoms with Gasteiger partial charge in [0.1, 0.15) is 11.9 Å². The second kappa shape index (κ2) is 6.91. The van der Waals surface area contributed by atoms with Crippen LogP contribution in [0, 0.1) is 10.1 Å². The van der Waals surface area contributed by atoms with Crippen LogP contribution in [0.4, 0.5) is 5.69 Å². The van der Waals surface area contributed by atoms with Crippen molar-refractivity contribution in [2.45, 2.75) is 31.9 Å². The predicted molar refractivity (Wildman–Crippen MR) is 85.8 cm³/mol. The zero-order valence-electron chi connectivity index (χ0n) is 12.2. The fraction of sp³-hybridized carbons (Fsp3) is 0.400. The highest BCUT2D eigenvalue weighted by molar-refractivity contribution is 9.10. The summed E-state index contributed by atoms with van der Waals surface area (Å²) in [5.74, 6) is 0.630. The molecule has 1 amide bonds. The van der Waals surface area contributed by atoms with Gasteiger partial charge in [-0.2, -0.15) is 0 Å². The summed E-state index contributed by atoms with van der Waals surface area (Å²) in [6, 6.07) is 4.31. The van der Waals surface area contributed by atoms with Crippen molar-refractivity contribution in [3.63, 3.8) is 0 Å². The van der Waals surface area contributed by atoms with Crippen molar-refractivity contribution in [1.29, 1.82) is 0 Å². The van der Waals surface area contributed by atoms with Gasteiger partial charge >= 0.3 is 0 Å². The van der Waals surface area contributed by atoms with Gasteiger partial charge in [0.2, 0.25) is 5.91 Å². The van der Waals surface area contributed by atoms with Crippen LogP contribution in [0.3, 0.4) is 0 Å². The molecule has 2 rings (SSSR count). The molecule has 6 nitrogen and oxygen atoms in total. The van der Waals surface area contributed by atoms with E-state index in [-0.39, 0.29) is 23.7 Å². The molecule has 2 atom stereocenters. The smallest absolute Gasteiger partial charge is 0.270 e. The Kier molecular flexibility index (Phi) is 5.18. The van der Waals surface area contributed by atoms with E-state index < -0.39 is 4.92 Å². The molecule has 1 fully saturated rings. The molecule has 1 aromatic rings. The highest BCUT2D eigenvalue weighted by atomic mass is 79.9. The van der Waals surface area contributed by atoms with Crippen LogP contribution in [-0.4, -0.2) is 34.4 Å². The van der Waals surface area contributed by atoms with Crippen molar-refractivity contribution >= 4 is 27.5 Å². The highest BCUT2D eigenvalue weighted by Gasteiger charge is 2.33. The molecule has 0 spiro atoms. The molecule has 1 aliphatic rings. The van der Waals surface area contributed by atoms with Crippen LogP contribution < -0.4 is 4.74 Å². The molecule has 0 aliphatic carbocycles. The number of non-ortho nitro benzene ring substituents is 1. The molecule has 0 bridgehead atoms. The van der Waals surface area contributed by atoms with Gasteiger partial charge in [-0.05, 0) is 35.3 Å². The molecule has 118 valence electrons. The number of piperidine rings is 1. The van der Waals surface area contributed by atoms with Gasteiger partial charge in [0.25, 0.3) is 5.69 Å².